The van der Waals surface area contributed by atoms with Crippen LogP contribution >= 0.6 is 0 Å². The van der Waals surface area contributed by atoms with Gasteiger partial charge in [-0.2, -0.15) is 0 Å². The summed E-state index contributed by atoms with van der Waals surface area (Å²) in [5, 5.41) is 11.4. The predicted octanol–water partition coefficient (Wildman–Crippen LogP) is 0.292. The van der Waals surface area contributed by atoms with E-state index in [2.05, 4.69) is 5.32 Å². The molecule has 1 aliphatic carbocycles. The summed E-state index contributed by atoms with van der Waals surface area (Å²) in [6, 6.07) is 16.0. The number of amides is 6. The van der Waals surface area contributed by atoms with E-state index in [0.717, 1.165) is 41.9 Å². The molecular formula is C33H42N6O9. The number of nitrogens with one attached hydrogen (secondary N) is 1. The number of nitrogens with zero attached hydrogens (tertiary/aromatic N) is 5. The number of carbonyl (C=O) groups is 7. The van der Waals surface area contributed by atoms with Crippen LogP contribution in [0.2, 0.25) is 0 Å². The van der Waals surface area contributed by atoms with E-state index in [1.54, 1.807) is 0 Å². The molecule has 0 unspecified atom stereocenters. The van der Waals surface area contributed by atoms with Crippen LogP contribution in [-0.4, -0.2) is 152 Å². The Morgan fingerprint density at radius 3 is 1.40 bits per heavy atom. The topological polar surface area (TPSA) is 177 Å². The van der Waals surface area contributed by atoms with Crippen molar-refractivity contribution in [3.63, 3.8) is 0 Å². The summed E-state index contributed by atoms with van der Waals surface area (Å²) in [4.78, 5) is 91.1. The Kier molecular flexibility index (Phi) is 13.0. The van der Waals surface area contributed by atoms with Crippen molar-refractivity contribution in [1.82, 2.24) is 29.8 Å². The summed E-state index contributed by atoms with van der Waals surface area (Å²) in [5.74, 6) is -3.91. The van der Waals surface area contributed by atoms with Gasteiger partial charge in [0.05, 0.1) is 26.2 Å². The lowest BCUT2D eigenvalue weighted by Crippen LogP contribution is -2.47. The van der Waals surface area contributed by atoms with Gasteiger partial charge in [0.25, 0.3) is 0 Å². The molecule has 2 aromatic rings. The van der Waals surface area contributed by atoms with E-state index in [-0.39, 0.29) is 51.7 Å². The number of hydrogen-bond acceptors (Lipinski definition) is 8. The van der Waals surface area contributed by atoms with Crippen molar-refractivity contribution in [2.75, 3.05) is 81.1 Å². The fraction of sp³-hybridized carbons (Fsp3) is 0.424. The number of rotatable bonds is 15. The van der Waals surface area contributed by atoms with Gasteiger partial charge in [0.2, 0.25) is 29.5 Å². The van der Waals surface area contributed by atoms with Gasteiger partial charge in [0.1, 0.15) is 13.2 Å². The molecule has 15 heteroatoms. The molecular weight excluding hydrogens is 624 g/mol. The van der Waals surface area contributed by atoms with E-state index in [1.165, 1.54) is 40.1 Å². The fourth-order valence-electron chi connectivity index (χ4n) is 5.05. The van der Waals surface area contributed by atoms with Gasteiger partial charge < -0.3 is 39.7 Å². The van der Waals surface area contributed by atoms with Crippen molar-refractivity contribution in [3.8, 4) is 11.1 Å². The molecule has 0 aliphatic heterocycles. The van der Waals surface area contributed by atoms with Gasteiger partial charge in [-0.25, -0.2) is 4.79 Å². The number of fused-ring (bicyclic) bond motifs is 3. The highest BCUT2D eigenvalue weighted by atomic mass is 16.5. The maximum atomic E-state index is 12.7. The minimum atomic E-state index is -1.19. The normalized spacial score (nSPS) is 11.4. The summed E-state index contributed by atoms with van der Waals surface area (Å²) < 4.78 is 5.48. The molecule has 0 radical (unpaired) electrons. The van der Waals surface area contributed by atoms with Crippen LogP contribution in [0.5, 0.6) is 0 Å². The molecule has 258 valence electrons. The van der Waals surface area contributed by atoms with Crippen molar-refractivity contribution in [1.29, 1.82) is 0 Å². The van der Waals surface area contributed by atoms with Crippen LogP contribution < -0.4 is 5.32 Å². The van der Waals surface area contributed by atoms with E-state index in [4.69, 9.17) is 9.84 Å². The molecule has 0 saturated carbocycles. The van der Waals surface area contributed by atoms with E-state index < -0.39 is 48.1 Å². The smallest absolute Gasteiger partial charge is 0.407 e. The highest BCUT2D eigenvalue weighted by molar-refractivity contribution is 5.91. The van der Waals surface area contributed by atoms with Crippen molar-refractivity contribution >= 4 is 41.6 Å². The summed E-state index contributed by atoms with van der Waals surface area (Å²) in [6.45, 7) is -1.80. The maximum absolute atomic E-state index is 12.7. The zero-order chi connectivity index (χ0) is 35.5. The Balaban J connectivity index is 1.36. The third-order valence-corrected chi connectivity index (χ3v) is 7.94. The van der Waals surface area contributed by atoms with Crippen LogP contribution in [0, 0.1) is 0 Å². The quantitative estimate of drug-likeness (QED) is 0.271. The average Bonchev–Trinajstić information content (AvgIpc) is 3.36. The standard InChI is InChI=1S/C33H42N6O9/c1-35(16-28(41)36(2)17-29(42)37(3)18-30(43)38(4)19-31(44)39(5)20-32(45)46)27(40)14-15-34-33(47)48-21-26-24-12-8-6-10-22(24)23-11-7-9-13-25(23)26/h6-13,26H,14-21H2,1-5H3,(H,34,47)(H,45,46). The largest absolute Gasteiger partial charge is 0.480 e. The van der Waals surface area contributed by atoms with Crippen molar-refractivity contribution in [2.45, 2.75) is 12.3 Å². The maximum Gasteiger partial charge on any atom is 0.407 e. The molecule has 6 amide bonds. The fourth-order valence-corrected chi connectivity index (χ4v) is 5.05. The van der Waals surface area contributed by atoms with Crippen LogP contribution in [0.1, 0.15) is 23.5 Å². The molecule has 15 nitrogen and oxygen atoms in total. The minimum Gasteiger partial charge on any atom is -0.480 e. The van der Waals surface area contributed by atoms with E-state index >= 15 is 0 Å². The van der Waals surface area contributed by atoms with Crippen molar-refractivity contribution in [2.24, 2.45) is 0 Å². The molecule has 0 bridgehead atoms. The van der Waals surface area contributed by atoms with E-state index in [1.807, 2.05) is 48.5 Å². The Bertz CT molecular complexity index is 1500. The molecule has 3 rings (SSSR count). The summed E-state index contributed by atoms with van der Waals surface area (Å²) in [5.41, 5.74) is 4.39. The van der Waals surface area contributed by atoms with Gasteiger partial charge in [0.15, 0.2) is 0 Å². The minimum absolute atomic E-state index is 0.00290. The number of aliphatic carboxylic acids is 1. The second kappa shape index (κ2) is 16.9. The molecule has 2 N–H and O–H groups in total. The molecule has 1 aliphatic rings. The third kappa shape index (κ3) is 10.0. The summed E-state index contributed by atoms with van der Waals surface area (Å²) in [6.07, 6.45) is -0.739. The second-order valence-electron chi connectivity index (χ2n) is 11.6. The third-order valence-electron chi connectivity index (χ3n) is 7.94. The van der Waals surface area contributed by atoms with Gasteiger partial charge in [-0.3, -0.25) is 28.8 Å². The molecule has 0 atom stereocenters. The van der Waals surface area contributed by atoms with Crippen LogP contribution in [0.3, 0.4) is 0 Å². The van der Waals surface area contributed by atoms with Gasteiger partial charge in [-0.15, -0.1) is 0 Å². The molecule has 2 aromatic carbocycles. The van der Waals surface area contributed by atoms with E-state index in [9.17, 15) is 33.6 Å². The predicted molar refractivity (Wildman–Crippen MR) is 174 cm³/mol. The lowest BCUT2D eigenvalue weighted by atomic mass is 9.98. The molecule has 0 saturated heterocycles. The highest BCUT2D eigenvalue weighted by Gasteiger charge is 2.29. The zero-order valence-electron chi connectivity index (χ0n) is 27.8. The number of benzene rings is 2. The number of alkyl carbamates (subject to hydrolysis) is 1. The van der Waals surface area contributed by atoms with Crippen LogP contribution in [0.4, 0.5) is 4.79 Å². The Hall–Kier alpha value is -5.47. The second-order valence-corrected chi connectivity index (χ2v) is 11.6. The number of carboxylic acid groups (broad SMARTS) is 1. The first-order valence-corrected chi connectivity index (χ1v) is 15.2. The lowest BCUT2D eigenvalue weighted by molar-refractivity contribution is -0.146. The van der Waals surface area contributed by atoms with Crippen molar-refractivity contribution in [3.05, 3.63) is 59.7 Å². The summed E-state index contributed by atoms with van der Waals surface area (Å²) in [7, 11) is 6.83. The molecule has 0 fully saturated rings. The number of carboxylic acids is 1. The number of hydrogen-bond donors (Lipinski definition) is 2. The van der Waals surface area contributed by atoms with E-state index in [0.29, 0.717) is 0 Å². The van der Waals surface area contributed by atoms with Gasteiger partial charge in [-0.05, 0) is 22.3 Å². The van der Waals surface area contributed by atoms with Gasteiger partial charge in [-0.1, -0.05) is 48.5 Å². The first-order chi connectivity index (χ1) is 22.7. The molecule has 48 heavy (non-hydrogen) atoms. The first kappa shape index (κ1) is 37.0. The summed E-state index contributed by atoms with van der Waals surface area (Å²) >= 11 is 0. The Labute approximate surface area is 279 Å². The molecule has 0 heterocycles. The van der Waals surface area contributed by atoms with Crippen molar-refractivity contribution < 1.29 is 43.4 Å². The zero-order valence-corrected chi connectivity index (χ0v) is 27.8. The molecule has 0 aromatic heterocycles. The SMILES string of the molecule is CN(CC(=O)O)C(=O)CN(C)C(=O)CN(C)C(=O)CN(C)C(=O)CN(C)C(=O)CCNC(=O)OCC1c2ccccc2-c2ccccc21. The Morgan fingerprint density at radius 1 is 0.604 bits per heavy atom. The monoisotopic (exact) mass is 666 g/mol. The van der Waals surface area contributed by atoms with Crippen LogP contribution in [-0.2, 0) is 33.5 Å². The Morgan fingerprint density at radius 2 is 0.979 bits per heavy atom. The highest BCUT2D eigenvalue weighted by Crippen LogP contribution is 2.44. The average molecular weight is 667 g/mol. The lowest BCUT2D eigenvalue weighted by Gasteiger charge is -2.26. The molecule has 0 spiro atoms. The number of carbonyl (C=O) groups excluding carboxylic acids is 6. The number of ether oxygens (including phenoxy) is 1. The first-order valence-electron chi connectivity index (χ1n) is 15.2. The van der Waals surface area contributed by atoms with Gasteiger partial charge >= 0.3 is 12.1 Å². The van der Waals surface area contributed by atoms with Crippen LogP contribution in [0.15, 0.2) is 48.5 Å². The van der Waals surface area contributed by atoms with Gasteiger partial charge in [0, 0.05) is 54.1 Å². The number of likely N-dealkylation sites (N-methyl/N-ethyl adjacent to an activating group) is 5. The van der Waals surface area contributed by atoms with Crippen LogP contribution in [0.25, 0.3) is 11.1 Å².